The summed E-state index contributed by atoms with van der Waals surface area (Å²) in [6.45, 7) is 1.28. The predicted molar refractivity (Wildman–Crippen MR) is 118 cm³/mol. The van der Waals surface area contributed by atoms with Crippen LogP contribution in [0.3, 0.4) is 0 Å². The first-order valence-electron chi connectivity index (χ1n) is 10.4. The van der Waals surface area contributed by atoms with Gasteiger partial charge in [0.2, 0.25) is 12.7 Å². The van der Waals surface area contributed by atoms with Crippen LogP contribution in [-0.4, -0.2) is 36.7 Å². The summed E-state index contributed by atoms with van der Waals surface area (Å²) in [5.41, 5.74) is 1.48. The highest BCUT2D eigenvalue weighted by Gasteiger charge is 2.28. The number of hydrogen-bond donors (Lipinski definition) is 2. The predicted octanol–water partition coefficient (Wildman–Crippen LogP) is 4.45. The minimum atomic E-state index is -0.133. The topological polar surface area (TPSA) is 79.9 Å². The summed E-state index contributed by atoms with van der Waals surface area (Å²) in [6.07, 6.45) is 1.25. The molecule has 2 aliphatic rings. The highest BCUT2D eigenvalue weighted by molar-refractivity contribution is 6.01. The number of urea groups is 1. The number of hydrogen-bond acceptors (Lipinski definition) is 4. The Labute approximate surface area is 179 Å². The van der Waals surface area contributed by atoms with E-state index >= 15 is 0 Å². The van der Waals surface area contributed by atoms with E-state index in [1.807, 2.05) is 42.5 Å². The maximum absolute atomic E-state index is 12.8. The summed E-state index contributed by atoms with van der Waals surface area (Å²) in [4.78, 5) is 27.2. The molecule has 2 heterocycles. The number of rotatable bonds is 3. The van der Waals surface area contributed by atoms with Crippen LogP contribution in [0.5, 0.6) is 11.5 Å². The van der Waals surface area contributed by atoms with E-state index in [1.54, 1.807) is 23.1 Å². The first kappa shape index (κ1) is 19.2. The number of carbonyl (C=O) groups is 2. The van der Waals surface area contributed by atoms with E-state index in [1.165, 1.54) is 0 Å². The van der Waals surface area contributed by atoms with Gasteiger partial charge in [-0.3, -0.25) is 4.79 Å². The van der Waals surface area contributed by atoms with Gasteiger partial charge in [0, 0.05) is 36.1 Å². The summed E-state index contributed by atoms with van der Waals surface area (Å²) in [6, 6.07) is 19.1. The van der Waals surface area contributed by atoms with Crippen molar-refractivity contribution in [2.24, 2.45) is 5.92 Å². The van der Waals surface area contributed by atoms with Gasteiger partial charge in [0.1, 0.15) is 0 Å². The maximum Gasteiger partial charge on any atom is 0.321 e. The molecule has 2 aliphatic heterocycles. The molecule has 158 valence electrons. The number of nitrogens with one attached hydrogen (secondary N) is 2. The second kappa shape index (κ2) is 8.18. The zero-order chi connectivity index (χ0) is 21.2. The number of likely N-dealkylation sites (tertiary alicyclic amines) is 1. The quantitative estimate of drug-likeness (QED) is 0.660. The number of carbonyl (C=O) groups excluding carboxylic acids is 2. The molecule has 3 aromatic rings. The van der Waals surface area contributed by atoms with E-state index in [-0.39, 0.29) is 24.6 Å². The fourth-order valence-electron chi connectivity index (χ4n) is 4.09. The Hall–Kier alpha value is -3.74. The fraction of sp³-hybridized carbons (Fsp3) is 0.250. The molecule has 0 saturated carbocycles. The first-order chi connectivity index (χ1) is 15.2. The van der Waals surface area contributed by atoms with Gasteiger partial charge in [-0.1, -0.05) is 36.4 Å². The minimum absolute atomic E-state index is 0.0343. The van der Waals surface area contributed by atoms with Crippen LogP contribution in [0, 0.1) is 5.92 Å². The Bertz CT molecular complexity index is 1130. The molecule has 1 fully saturated rings. The number of fused-ring (bicyclic) bond motifs is 2. The average molecular weight is 417 g/mol. The molecule has 7 nitrogen and oxygen atoms in total. The SMILES string of the molecule is O=C(Nc1ccc2c(c1)OCO2)C1CCN(C(=O)Nc2cccc3ccccc23)CC1. The third kappa shape index (κ3) is 3.99. The van der Waals surface area contributed by atoms with Crippen molar-refractivity contribution in [2.75, 3.05) is 30.5 Å². The molecule has 3 aromatic carbocycles. The van der Waals surface area contributed by atoms with Gasteiger partial charge in [-0.05, 0) is 36.4 Å². The van der Waals surface area contributed by atoms with Gasteiger partial charge >= 0.3 is 6.03 Å². The van der Waals surface area contributed by atoms with Gasteiger partial charge in [0.25, 0.3) is 0 Å². The average Bonchev–Trinajstić information content (AvgIpc) is 3.27. The number of benzene rings is 3. The lowest BCUT2D eigenvalue weighted by Gasteiger charge is -2.31. The fourth-order valence-corrected chi connectivity index (χ4v) is 4.09. The van der Waals surface area contributed by atoms with Crippen LogP contribution in [0.15, 0.2) is 60.7 Å². The minimum Gasteiger partial charge on any atom is -0.454 e. The van der Waals surface area contributed by atoms with Crippen molar-refractivity contribution in [1.82, 2.24) is 4.90 Å². The first-order valence-corrected chi connectivity index (χ1v) is 10.4. The lowest BCUT2D eigenvalue weighted by atomic mass is 9.96. The Morgan fingerprint density at radius 3 is 2.52 bits per heavy atom. The summed E-state index contributed by atoms with van der Waals surface area (Å²) in [7, 11) is 0. The number of anilines is 2. The number of piperidine rings is 1. The Morgan fingerprint density at radius 2 is 1.65 bits per heavy atom. The van der Waals surface area contributed by atoms with E-state index in [4.69, 9.17) is 9.47 Å². The molecule has 0 bridgehead atoms. The van der Waals surface area contributed by atoms with Gasteiger partial charge in [0.15, 0.2) is 11.5 Å². The van der Waals surface area contributed by atoms with Crippen LogP contribution in [0.4, 0.5) is 16.2 Å². The lowest BCUT2D eigenvalue weighted by Crippen LogP contribution is -2.43. The van der Waals surface area contributed by atoms with Crippen molar-refractivity contribution in [1.29, 1.82) is 0 Å². The molecule has 31 heavy (non-hydrogen) atoms. The van der Waals surface area contributed by atoms with E-state index in [0.717, 1.165) is 16.5 Å². The molecule has 7 heteroatoms. The molecule has 0 atom stereocenters. The Balaban J connectivity index is 1.17. The third-order valence-electron chi connectivity index (χ3n) is 5.82. The van der Waals surface area contributed by atoms with Gasteiger partial charge in [-0.15, -0.1) is 0 Å². The van der Waals surface area contributed by atoms with E-state index in [2.05, 4.69) is 10.6 Å². The van der Waals surface area contributed by atoms with Crippen LogP contribution in [0.25, 0.3) is 10.8 Å². The van der Waals surface area contributed by atoms with Crippen LogP contribution < -0.4 is 20.1 Å². The molecular weight excluding hydrogens is 394 g/mol. The third-order valence-corrected chi connectivity index (χ3v) is 5.82. The number of amides is 3. The standard InChI is InChI=1S/C24H23N3O4/c28-23(25-18-8-9-21-22(14-18)31-15-30-21)17-10-12-27(13-11-17)24(29)26-20-7-3-5-16-4-1-2-6-19(16)20/h1-9,14,17H,10-13,15H2,(H,25,28)(H,26,29). The van der Waals surface area contributed by atoms with E-state index in [0.29, 0.717) is 43.1 Å². The molecular formula is C24H23N3O4. The zero-order valence-electron chi connectivity index (χ0n) is 17.0. The highest BCUT2D eigenvalue weighted by atomic mass is 16.7. The van der Waals surface area contributed by atoms with Gasteiger partial charge in [-0.2, -0.15) is 0 Å². The van der Waals surface area contributed by atoms with Gasteiger partial charge < -0.3 is 25.0 Å². The van der Waals surface area contributed by atoms with Crippen molar-refractivity contribution < 1.29 is 19.1 Å². The van der Waals surface area contributed by atoms with Gasteiger partial charge in [-0.25, -0.2) is 4.79 Å². The molecule has 1 saturated heterocycles. The monoisotopic (exact) mass is 417 g/mol. The largest absolute Gasteiger partial charge is 0.454 e. The molecule has 0 radical (unpaired) electrons. The van der Waals surface area contributed by atoms with Crippen LogP contribution in [0.2, 0.25) is 0 Å². The van der Waals surface area contributed by atoms with Crippen molar-refractivity contribution in [3.63, 3.8) is 0 Å². The second-order valence-electron chi connectivity index (χ2n) is 7.78. The summed E-state index contributed by atoms with van der Waals surface area (Å²) in [5, 5.41) is 8.07. The highest BCUT2D eigenvalue weighted by Crippen LogP contribution is 2.34. The van der Waals surface area contributed by atoms with Gasteiger partial charge in [0.05, 0.1) is 5.69 Å². The molecule has 0 unspecified atom stereocenters. The smallest absolute Gasteiger partial charge is 0.321 e. The van der Waals surface area contributed by atoms with Crippen molar-refractivity contribution in [3.05, 3.63) is 60.7 Å². The van der Waals surface area contributed by atoms with Crippen molar-refractivity contribution in [3.8, 4) is 11.5 Å². The molecule has 0 spiro atoms. The molecule has 0 aliphatic carbocycles. The summed E-state index contributed by atoms with van der Waals surface area (Å²) >= 11 is 0. The maximum atomic E-state index is 12.8. The van der Waals surface area contributed by atoms with E-state index < -0.39 is 0 Å². The second-order valence-corrected chi connectivity index (χ2v) is 7.78. The Morgan fingerprint density at radius 1 is 0.871 bits per heavy atom. The lowest BCUT2D eigenvalue weighted by molar-refractivity contribution is -0.121. The van der Waals surface area contributed by atoms with Crippen molar-refractivity contribution >= 4 is 34.1 Å². The van der Waals surface area contributed by atoms with Crippen LogP contribution in [-0.2, 0) is 4.79 Å². The zero-order valence-corrected chi connectivity index (χ0v) is 17.0. The Kier molecular flexibility index (Phi) is 5.08. The van der Waals surface area contributed by atoms with Crippen LogP contribution >= 0.6 is 0 Å². The summed E-state index contributed by atoms with van der Waals surface area (Å²) in [5.74, 6) is 1.15. The summed E-state index contributed by atoms with van der Waals surface area (Å²) < 4.78 is 10.7. The van der Waals surface area contributed by atoms with E-state index in [9.17, 15) is 9.59 Å². The molecule has 3 amide bonds. The van der Waals surface area contributed by atoms with Crippen molar-refractivity contribution in [2.45, 2.75) is 12.8 Å². The normalized spacial score (nSPS) is 15.7. The van der Waals surface area contributed by atoms with Crippen LogP contribution in [0.1, 0.15) is 12.8 Å². The number of ether oxygens (including phenoxy) is 2. The molecule has 5 rings (SSSR count). The molecule has 0 aromatic heterocycles. The number of nitrogens with zero attached hydrogens (tertiary/aromatic N) is 1. The molecule has 2 N–H and O–H groups in total.